The number of aromatic nitrogens is 3. The second kappa shape index (κ2) is 10.4. The highest BCUT2D eigenvalue weighted by atomic mass is 35.5. The topological polar surface area (TPSA) is 136 Å². The van der Waals surface area contributed by atoms with Gasteiger partial charge >= 0.3 is 0 Å². The first kappa shape index (κ1) is 28.0. The molecule has 3 heterocycles. The summed E-state index contributed by atoms with van der Waals surface area (Å²) in [6.07, 6.45) is 1.48. The Hall–Kier alpha value is -4.59. The number of rotatable bonds is 6. The van der Waals surface area contributed by atoms with Crippen molar-refractivity contribution in [3.05, 3.63) is 75.5 Å². The number of nitrogens with zero attached hydrogens (tertiary/aromatic N) is 5. The third-order valence-electron chi connectivity index (χ3n) is 6.94. The van der Waals surface area contributed by atoms with Crippen molar-refractivity contribution in [3.8, 4) is 45.8 Å². The highest BCUT2D eigenvalue weighted by Crippen LogP contribution is 2.46. The number of carbonyl (C=O) groups is 2. The first-order valence-corrected chi connectivity index (χ1v) is 13.1. The van der Waals surface area contributed by atoms with Crippen LogP contribution in [0.15, 0.2) is 48.7 Å². The number of nitrogens with two attached hydrogens (primary N) is 1. The van der Waals surface area contributed by atoms with Gasteiger partial charge in [-0.05, 0) is 50.2 Å². The van der Waals surface area contributed by atoms with Gasteiger partial charge in [-0.2, -0.15) is 10.4 Å². The number of primary amides is 1. The van der Waals surface area contributed by atoms with Gasteiger partial charge in [0.05, 0.1) is 30.3 Å². The zero-order chi connectivity index (χ0) is 29.6. The fourth-order valence-electron chi connectivity index (χ4n) is 4.49. The fraction of sp³-hybridized carbons (Fsp3) is 0.207. The number of halogens is 2. The molecular weight excluding hydrogens is 567 g/mol. The summed E-state index contributed by atoms with van der Waals surface area (Å²) in [7, 11) is 3.06. The zero-order valence-corrected chi connectivity index (χ0v) is 24.0. The van der Waals surface area contributed by atoms with Gasteiger partial charge in [-0.3, -0.25) is 14.6 Å². The smallest absolute Gasteiger partial charge is 0.275 e. The van der Waals surface area contributed by atoms with Crippen molar-refractivity contribution in [2.24, 2.45) is 5.73 Å². The minimum absolute atomic E-state index is 0.0242. The lowest BCUT2D eigenvalue weighted by molar-refractivity contribution is 0.0688. The van der Waals surface area contributed by atoms with E-state index in [0.29, 0.717) is 55.3 Å². The Bertz CT molecular complexity index is 1760. The minimum Gasteiger partial charge on any atom is -0.496 e. The van der Waals surface area contributed by atoms with Crippen LogP contribution in [0.25, 0.3) is 28.2 Å². The van der Waals surface area contributed by atoms with Crippen LogP contribution >= 0.6 is 23.2 Å². The predicted molar refractivity (Wildman–Crippen MR) is 153 cm³/mol. The molecule has 2 aromatic carbocycles. The molecule has 0 radical (unpaired) electrons. The number of hydrogen-bond donors (Lipinski definition) is 1. The molecule has 0 saturated heterocycles. The van der Waals surface area contributed by atoms with E-state index in [0.717, 1.165) is 0 Å². The first-order chi connectivity index (χ1) is 19.4. The number of amides is 2. The third kappa shape index (κ3) is 4.94. The highest BCUT2D eigenvalue weighted by molar-refractivity contribution is 6.34. The van der Waals surface area contributed by atoms with Crippen LogP contribution in [-0.4, -0.2) is 51.2 Å². The monoisotopic (exact) mass is 590 g/mol. The minimum atomic E-state index is -1.10. The molecule has 41 heavy (non-hydrogen) atoms. The molecule has 1 aliphatic heterocycles. The van der Waals surface area contributed by atoms with Crippen LogP contribution in [0.1, 0.15) is 40.3 Å². The average molecular weight is 591 g/mol. The molecule has 5 rings (SSSR count). The first-order valence-electron chi connectivity index (χ1n) is 12.3. The van der Waals surface area contributed by atoms with E-state index >= 15 is 0 Å². The molecule has 0 unspecified atom stereocenters. The normalized spacial score (nSPS) is 12.0. The number of pyridine rings is 1. The largest absolute Gasteiger partial charge is 0.496 e. The second-order valence-corrected chi connectivity index (χ2v) is 10.8. The van der Waals surface area contributed by atoms with E-state index in [4.69, 9.17) is 43.5 Å². The summed E-state index contributed by atoms with van der Waals surface area (Å²) in [5.41, 5.74) is 7.95. The van der Waals surface area contributed by atoms with Gasteiger partial charge in [0.15, 0.2) is 5.69 Å². The molecule has 0 aliphatic carbocycles. The van der Waals surface area contributed by atoms with Crippen LogP contribution in [0.2, 0.25) is 10.0 Å². The number of ether oxygens (including phenoxy) is 2. The number of benzene rings is 2. The van der Waals surface area contributed by atoms with Crippen LogP contribution in [0.4, 0.5) is 0 Å². The van der Waals surface area contributed by atoms with Gasteiger partial charge in [0.1, 0.15) is 23.6 Å². The lowest BCUT2D eigenvalue weighted by Crippen LogP contribution is -2.44. The molecule has 10 nitrogen and oxygen atoms in total. The summed E-state index contributed by atoms with van der Waals surface area (Å²) in [6, 6.07) is 13.7. The van der Waals surface area contributed by atoms with Crippen molar-refractivity contribution >= 4 is 35.0 Å². The van der Waals surface area contributed by atoms with Gasteiger partial charge in [0.25, 0.3) is 5.91 Å². The van der Waals surface area contributed by atoms with Gasteiger partial charge < -0.3 is 20.1 Å². The molecule has 208 valence electrons. The molecule has 2 N–H and O–H groups in total. The Labute approximate surface area is 245 Å². The molecule has 0 saturated carbocycles. The van der Waals surface area contributed by atoms with Crippen LogP contribution in [0.5, 0.6) is 11.5 Å². The quantitative estimate of drug-likeness (QED) is 0.322. The van der Waals surface area contributed by atoms with Crippen LogP contribution in [-0.2, 0) is 6.61 Å². The molecule has 12 heteroatoms. The Kier molecular flexibility index (Phi) is 7.11. The maximum Gasteiger partial charge on any atom is 0.275 e. The maximum atomic E-state index is 13.7. The summed E-state index contributed by atoms with van der Waals surface area (Å²) < 4.78 is 13.3. The van der Waals surface area contributed by atoms with E-state index in [9.17, 15) is 14.9 Å². The van der Waals surface area contributed by atoms with E-state index in [2.05, 4.69) is 11.1 Å². The average Bonchev–Trinajstić information content (AvgIpc) is 3.35. The number of fused-ring (bicyclic) bond motifs is 3. The van der Waals surface area contributed by atoms with Crippen molar-refractivity contribution < 1.29 is 19.1 Å². The van der Waals surface area contributed by atoms with E-state index < -0.39 is 17.4 Å². The Balaban J connectivity index is 1.79. The summed E-state index contributed by atoms with van der Waals surface area (Å²) in [5, 5.41) is 15.1. The molecule has 1 aliphatic rings. The number of hydrogen-bond acceptors (Lipinski definition) is 7. The highest BCUT2D eigenvalue weighted by Gasteiger charge is 2.36. The van der Waals surface area contributed by atoms with Gasteiger partial charge in [0, 0.05) is 51.6 Å². The van der Waals surface area contributed by atoms with Gasteiger partial charge in [-0.25, -0.2) is 4.68 Å². The summed E-state index contributed by atoms with van der Waals surface area (Å²) >= 11 is 12.7. The second-order valence-electron chi connectivity index (χ2n) is 9.88. The van der Waals surface area contributed by atoms with Crippen molar-refractivity contribution in [3.63, 3.8) is 0 Å². The van der Waals surface area contributed by atoms with Gasteiger partial charge in [0.2, 0.25) is 5.91 Å². The SMILES string of the molecule is COc1cc2c(cc1-c1cc(C(N)=O)ccn1)-c1c(c(C(=O)N(C)C(C)(C)C#N)nn1-c1cc(Cl)cc(Cl)c1)CO2. The maximum absolute atomic E-state index is 13.7. The van der Waals surface area contributed by atoms with Gasteiger partial charge in [-0.15, -0.1) is 0 Å². The molecule has 4 aromatic rings. The lowest BCUT2D eigenvalue weighted by Gasteiger charge is -2.29. The Morgan fingerprint density at radius 2 is 1.85 bits per heavy atom. The summed E-state index contributed by atoms with van der Waals surface area (Å²) in [4.78, 5) is 31.3. The lowest BCUT2D eigenvalue weighted by atomic mass is 9.96. The van der Waals surface area contributed by atoms with E-state index in [1.807, 2.05) is 0 Å². The van der Waals surface area contributed by atoms with Crippen molar-refractivity contribution in [2.75, 3.05) is 14.2 Å². The van der Waals surface area contributed by atoms with Crippen molar-refractivity contribution in [2.45, 2.75) is 26.0 Å². The van der Waals surface area contributed by atoms with Gasteiger partial charge in [-0.1, -0.05) is 23.2 Å². The molecule has 2 amide bonds. The molecule has 0 spiro atoms. The van der Waals surface area contributed by atoms with Crippen LogP contribution in [0.3, 0.4) is 0 Å². The van der Waals surface area contributed by atoms with Crippen molar-refractivity contribution in [1.29, 1.82) is 5.26 Å². The number of carbonyl (C=O) groups excluding carboxylic acids is 2. The van der Waals surface area contributed by atoms with E-state index in [1.54, 1.807) is 62.0 Å². The number of nitriles is 1. The molecule has 0 bridgehead atoms. The fourth-order valence-corrected chi connectivity index (χ4v) is 5.00. The van der Waals surface area contributed by atoms with Crippen LogP contribution < -0.4 is 15.2 Å². The molecule has 0 atom stereocenters. The molecular formula is C29H24Cl2N6O4. The van der Waals surface area contributed by atoms with Crippen molar-refractivity contribution in [1.82, 2.24) is 19.7 Å². The predicted octanol–water partition coefficient (Wildman–Crippen LogP) is 5.28. The Morgan fingerprint density at radius 3 is 2.49 bits per heavy atom. The summed E-state index contributed by atoms with van der Waals surface area (Å²) in [6.45, 7) is 3.31. The third-order valence-corrected chi connectivity index (χ3v) is 7.38. The molecule has 0 fully saturated rings. The van der Waals surface area contributed by atoms with Crippen LogP contribution in [0, 0.1) is 11.3 Å². The van der Waals surface area contributed by atoms with E-state index in [1.165, 1.54) is 24.3 Å². The molecule has 2 aromatic heterocycles. The summed E-state index contributed by atoms with van der Waals surface area (Å²) in [5.74, 6) is -0.135. The standard InChI is InChI=1S/C29H24Cl2N6O4/c1-29(2,14-32)36(3)28(39)25-21-13-41-24-12-23(40-4)19(22-7-15(27(33)38)5-6-34-22)11-20(24)26(21)37(35-25)18-9-16(30)8-17(31)10-18/h5-12H,13H2,1-4H3,(H2,33,38). The Morgan fingerprint density at radius 1 is 1.15 bits per heavy atom. The number of methoxy groups -OCH3 is 1. The zero-order valence-electron chi connectivity index (χ0n) is 22.5. The van der Waals surface area contributed by atoms with E-state index in [-0.39, 0.29) is 17.9 Å².